The summed E-state index contributed by atoms with van der Waals surface area (Å²) in [7, 11) is -3.98. The molecule has 4 unspecified atom stereocenters. The number of rotatable bonds is 6. The van der Waals surface area contributed by atoms with Gasteiger partial charge in [-0.2, -0.15) is 0 Å². The van der Waals surface area contributed by atoms with Gasteiger partial charge in [-0.1, -0.05) is 0 Å². The molecule has 0 aliphatic carbocycles. The zero-order valence-corrected chi connectivity index (χ0v) is 15.4. The summed E-state index contributed by atoms with van der Waals surface area (Å²) in [5, 5.41) is 30.1. The summed E-state index contributed by atoms with van der Waals surface area (Å²) in [6.07, 6.45) is -10.6. The Bertz CT molecular complexity index is 613. The Kier molecular flexibility index (Phi) is 6.39. The molecule has 13 heteroatoms. The number of hydrogen-bond acceptors (Lipinski definition) is 12. The quantitative estimate of drug-likeness (QED) is 0.294. The predicted molar refractivity (Wildman–Crippen MR) is 82.1 cm³/mol. The first kappa shape index (κ1) is 21.3. The van der Waals surface area contributed by atoms with Gasteiger partial charge in [-0.3, -0.25) is 4.18 Å². The van der Waals surface area contributed by atoms with Crippen LogP contribution in [0.2, 0.25) is 0 Å². The molecule has 0 amide bonds. The Labute approximate surface area is 155 Å². The molecule has 0 saturated carbocycles. The monoisotopic (exact) mass is 415 g/mol. The Hall–Kier alpha value is -0.450. The topological polar surface area (TPSA) is 173 Å². The van der Waals surface area contributed by atoms with E-state index in [1.165, 1.54) is 7.11 Å². The molecule has 158 valence electrons. The van der Waals surface area contributed by atoms with Crippen molar-refractivity contribution < 1.29 is 56.2 Å². The fourth-order valence-electron chi connectivity index (χ4n) is 3.64. The lowest BCUT2D eigenvalue weighted by Crippen LogP contribution is -2.63. The van der Waals surface area contributed by atoms with Crippen molar-refractivity contribution in [2.45, 2.75) is 68.1 Å². The molecule has 3 aliphatic rings. The first-order valence-electron chi connectivity index (χ1n) is 8.38. The summed E-state index contributed by atoms with van der Waals surface area (Å²) in [4.78, 5) is 0. The van der Waals surface area contributed by atoms with Gasteiger partial charge in [0.1, 0.15) is 48.8 Å². The van der Waals surface area contributed by atoms with Gasteiger partial charge in [0.25, 0.3) is 0 Å². The number of aliphatic hydroxyl groups excluding tert-OH is 3. The van der Waals surface area contributed by atoms with Crippen LogP contribution in [-0.2, 0) is 38.3 Å². The van der Waals surface area contributed by atoms with Crippen LogP contribution in [0.4, 0.5) is 0 Å². The fourth-order valence-corrected chi connectivity index (χ4v) is 4.14. The van der Waals surface area contributed by atoms with E-state index in [4.69, 9.17) is 23.7 Å². The number of hydrogen-bond donors (Lipinski definition) is 3. The largest absolute Gasteiger partial charge is 0.726 e. The maximum Gasteiger partial charge on any atom is 0.218 e. The van der Waals surface area contributed by atoms with Crippen LogP contribution in [0.15, 0.2) is 0 Å². The van der Waals surface area contributed by atoms with Gasteiger partial charge >= 0.3 is 0 Å². The standard InChI is InChI=1S/C14H24O12S/c1-5-8(16)13-10(7(23-5)4-22-13)25-14-9(17)12(21-2)11(6(3-15)24-14)26-27(18,19)20/h5-17H,3-4H2,1-2H3,(H,18,19,20)/p-1/t5-,6?,7+,8?,9?,10-,11+,12-,13?,14+/m1/s1. The minimum absolute atomic E-state index is 0.177. The van der Waals surface area contributed by atoms with Crippen molar-refractivity contribution in [2.24, 2.45) is 0 Å². The van der Waals surface area contributed by atoms with Crippen LogP contribution < -0.4 is 0 Å². The van der Waals surface area contributed by atoms with Crippen LogP contribution in [0.5, 0.6) is 0 Å². The SMILES string of the molecule is CO[C@@H]1C(O)[C@H](O[C@H]2C3OC[C@@H]2O[C@H](C)C3O)OC(CO)[C@@H]1OS(=O)(=O)[O-]. The summed E-state index contributed by atoms with van der Waals surface area (Å²) >= 11 is 0. The highest BCUT2D eigenvalue weighted by atomic mass is 32.3. The molecule has 3 aliphatic heterocycles. The maximum absolute atomic E-state index is 10.9. The zero-order chi connectivity index (χ0) is 19.9. The second kappa shape index (κ2) is 8.12. The number of fused-ring (bicyclic) bond motifs is 2. The Morgan fingerprint density at radius 2 is 1.85 bits per heavy atom. The molecule has 10 atom stereocenters. The molecule has 0 aromatic rings. The first-order valence-corrected chi connectivity index (χ1v) is 9.71. The summed E-state index contributed by atoms with van der Waals surface area (Å²) in [6, 6.07) is 0. The van der Waals surface area contributed by atoms with E-state index in [-0.39, 0.29) is 6.61 Å². The summed E-state index contributed by atoms with van der Waals surface area (Å²) < 4.78 is 64.5. The Morgan fingerprint density at radius 1 is 1.15 bits per heavy atom. The molecule has 0 aromatic carbocycles. The van der Waals surface area contributed by atoms with Gasteiger partial charge in [0.2, 0.25) is 10.4 Å². The van der Waals surface area contributed by atoms with Crippen LogP contribution in [0.25, 0.3) is 0 Å². The van der Waals surface area contributed by atoms with Gasteiger partial charge in [0.05, 0.1) is 19.3 Å². The van der Waals surface area contributed by atoms with Gasteiger partial charge in [0, 0.05) is 7.11 Å². The van der Waals surface area contributed by atoms with Crippen molar-refractivity contribution >= 4 is 10.4 Å². The third-order valence-corrected chi connectivity index (χ3v) is 5.40. The lowest BCUT2D eigenvalue weighted by atomic mass is 9.97. The highest BCUT2D eigenvalue weighted by Crippen LogP contribution is 2.35. The summed E-state index contributed by atoms with van der Waals surface area (Å²) in [5.41, 5.74) is 0. The highest BCUT2D eigenvalue weighted by molar-refractivity contribution is 7.80. The van der Waals surface area contributed by atoms with E-state index < -0.39 is 78.2 Å². The van der Waals surface area contributed by atoms with Crippen molar-refractivity contribution in [3.05, 3.63) is 0 Å². The molecule has 27 heavy (non-hydrogen) atoms. The van der Waals surface area contributed by atoms with Crippen molar-refractivity contribution in [2.75, 3.05) is 20.3 Å². The van der Waals surface area contributed by atoms with E-state index in [1.54, 1.807) is 6.92 Å². The molecule has 2 bridgehead atoms. The number of aliphatic hydroxyl groups is 3. The van der Waals surface area contributed by atoms with Gasteiger partial charge in [-0.15, -0.1) is 0 Å². The van der Waals surface area contributed by atoms with Crippen molar-refractivity contribution in [1.29, 1.82) is 0 Å². The Morgan fingerprint density at radius 3 is 2.44 bits per heavy atom. The van der Waals surface area contributed by atoms with Crippen molar-refractivity contribution in [3.63, 3.8) is 0 Å². The minimum atomic E-state index is -5.14. The van der Waals surface area contributed by atoms with Crippen LogP contribution >= 0.6 is 0 Å². The number of methoxy groups -OCH3 is 1. The third kappa shape index (κ3) is 4.28. The van der Waals surface area contributed by atoms with Crippen molar-refractivity contribution in [1.82, 2.24) is 0 Å². The molecule has 3 fully saturated rings. The second-order valence-corrected chi connectivity index (χ2v) is 7.66. The van der Waals surface area contributed by atoms with Gasteiger partial charge < -0.3 is 43.6 Å². The van der Waals surface area contributed by atoms with Gasteiger partial charge in [-0.05, 0) is 6.92 Å². The zero-order valence-electron chi connectivity index (χ0n) is 14.6. The third-order valence-electron chi connectivity index (χ3n) is 4.94. The van der Waals surface area contributed by atoms with Crippen LogP contribution in [-0.4, -0.2) is 110 Å². The molecule has 3 saturated heterocycles. The van der Waals surface area contributed by atoms with Gasteiger partial charge in [0.15, 0.2) is 6.29 Å². The molecular formula is C14H23O12S-. The lowest BCUT2D eigenvalue weighted by Gasteiger charge is -2.45. The molecular weight excluding hydrogens is 392 g/mol. The van der Waals surface area contributed by atoms with E-state index in [9.17, 15) is 28.3 Å². The smallest absolute Gasteiger partial charge is 0.218 e. The Balaban J connectivity index is 1.75. The van der Waals surface area contributed by atoms with E-state index >= 15 is 0 Å². The molecule has 3 rings (SSSR count). The number of ether oxygens (including phenoxy) is 5. The van der Waals surface area contributed by atoms with E-state index in [1.807, 2.05) is 0 Å². The average Bonchev–Trinajstić information content (AvgIpc) is 2.90. The normalized spacial score (nSPS) is 47.9. The molecule has 12 nitrogen and oxygen atoms in total. The predicted octanol–water partition coefficient (Wildman–Crippen LogP) is -3.14. The molecule has 3 N–H and O–H groups in total. The lowest BCUT2D eigenvalue weighted by molar-refractivity contribution is -0.327. The van der Waals surface area contributed by atoms with Crippen LogP contribution in [0.1, 0.15) is 6.92 Å². The van der Waals surface area contributed by atoms with E-state index in [2.05, 4.69) is 4.18 Å². The maximum atomic E-state index is 10.9. The average molecular weight is 415 g/mol. The summed E-state index contributed by atoms with van der Waals surface area (Å²) in [5.74, 6) is 0. The minimum Gasteiger partial charge on any atom is -0.726 e. The summed E-state index contributed by atoms with van der Waals surface area (Å²) in [6.45, 7) is 1.14. The first-order chi connectivity index (χ1) is 12.7. The molecule has 0 spiro atoms. The van der Waals surface area contributed by atoms with Crippen LogP contribution in [0.3, 0.4) is 0 Å². The molecule has 0 radical (unpaired) electrons. The van der Waals surface area contributed by atoms with Crippen LogP contribution in [0, 0.1) is 0 Å². The molecule has 3 heterocycles. The van der Waals surface area contributed by atoms with E-state index in [0.717, 1.165) is 0 Å². The van der Waals surface area contributed by atoms with Gasteiger partial charge in [-0.25, -0.2) is 8.42 Å². The van der Waals surface area contributed by atoms with E-state index in [0.29, 0.717) is 0 Å². The fraction of sp³-hybridized carbons (Fsp3) is 1.00. The van der Waals surface area contributed by atoms with Crippen molar-refractivity contribution in [3.8, 4) is 0 Å². The highest BCUT2D eigenvalue weighted by Gasteiger charge is 2.54. The molecule has 0 aromatic heterocycles. The second-order valence-electron chi connectivity index (χ2n) is 6.65.